The zero-order valence-electron chi connectivity index (χ0n) is 13.2. The highest BCUT2D eigenvalue weighted by Crippen LogP contribution is 2.29. The van der Waals surface area contributed by atoms with E-state index in [0.717, 1.165) is 37.5 Å². The second kappa shape index (κ2) is 9.53. The second-order valence-electron chi connectivity index (χ2n) is 5.00. The van der Waals surface area contributed by atoms with E-state index in [1.807, 2.05) is 19.1 Å². The molecule has 0 bridgehead atoms. The summed E-state index contributed by atoms with van der Waals surface area (Å²) in [6, 6.07) is 3.81. The number of hydrogen-bond acceptors (Lipinski definition) is 6. The molecule has 1 aliphatic heterocycles. The highest BCUT2D eigenvalue weighted by molar-refractivity contribution is 14.1. The number of hydrogen-bond donors (Lipinski definition) is 2. The zero-order valence-corrected chi connectivity index (χ0v) is 17.7. The Morgan fingerprint density at radius 2 is 2.32 bits per heavy atom. The van der Waals surface area contributed by atoms with Crippen LogP contribution in [0.3, 0.4) is 0 Å². The van der Waals surface area contributed by atoms with Crippen molar-refractivity contribution >= 4 is 73.5 Å². The van der Waals surface area contributed by atoms with Gasteiger partial charge in [0.2, 0.25) is 5.91 Å². The fourth-order valence-electron chi connectivity index (χ4n) is 1.92. The molecule has 10 heteroatoms. The first kappa shape index (κ1) is 20.2. The van der Waals surface area contributed by atoms with Crippen LogP contribution in [0.1, 0.15) is 25.3 Å². The number of nitrogens with zero attached hydrogens (tertiary/aromatic N) is 2. The Labute approximate surface area is 171 Å². The minimum atomic E-state index is -1.03. The van der Waals surface area contributed by atoms with Crippen LogP contribution in [-0.2, 0) is 9.59 Å². The molecule has 1 fully saturated rings. The number of aliphatic carboxylic acids is 1. The minimum absolute atomic E-state index is 0.252. The molecular formula is C15H15BrIN3O4S. The van der Waals surface area contributed by atoms with Gasteiger partial charge in [0.25, 0.3) is 0 Å². The Morgan fingerprint density at radius 1 is 1.56 bits per heavy atom. The number of amidine groups is 1. The van der Waals surface area contributed by atoms with Gasteiger partial charge in [-0.25, -0.2) is 0 Å². The average Bonchev–Trinajstić information content (AvgIpc) is 2.85. The molecule has 1 aliphatic rings. The molecule has 1 aromatic rings. The van der Waals surface area contributed by atoms with E-state index in [1.54, 1.807) is 6.21 Å². The maximum Gasteiger partial charge on any atom is 0.305 e. The molecule has 7 nitrogen and oxygen atoms in total. The molecule has 1 atom stereocenters. The third kappa shape index (κ3) is 5.96. The van der Waals surface area contributed by atoms with Crippen molar-refractivity contribution in [3.05, 3.63) is 25.7 Å². The first-order valence-electron chi connectivity index (χ1n) is 7.33. The predicted octanol–water partition coefficient (Wildman–Crippen LogP) is 3.24. The van der Waals surface area contributed by atoms with Crippen molar-refractivity contribution in [2.45, 2.75) is 25.0 Å². The van der Waals surface area contributed by atoms with Crippen LogP contribution < -0.4 is 10.1 Å². The molecule has 1 saturated heterocycles. The van der Waals surface area contributed by atoms with E-state index < -0.39 is 11.2 Å². The Kier molecular flexibility index (Phi) is 7.69. The van der Waals surface area contributed by atoms with Gasteiger partial charge in [-0.05, 0) is 41.1 Å². The number of carboxylic acid groups (broad SMARTS) is 1. The van der Waals surface area contributed by atoms with Gasteiger partial charge in [0.1, 0.15) is 11.0 Å². The van der Waals surface area contributed by atoms with E-state index in [-0.39, 0.29) is 17.5 Å². The Bertz CT molecular complexity index is 742. The molecule has 0 saturated carbocycles. The van der Waals surface area contributed by atoms with Crippen molar-refractivity contribution in [1.82, 2.24) is 5.32 Å². The highest BCUT2D eigenvalue weighted by atomic mass is 127. The largest absolute Gasteiger partial charge is 0.492 e. The molecule has 2 N–H and O–H groups in total. The molecule has 2 rings (SSSR count). The standard InChI is InChI=1S/C15H15BrIN3O4S/c1-2-3-24-13-8(4-9(16)5-10(13)17)7-18-20-15-19-14(23)11(25-15)6-12(21)22/h4-5,7,11H,2-3,6H2,1H3,(H,21,22)(H,19,20,23). The third-order valence-electron chi connectivity index (χ3n) is 2.97. The van der Waals surface area contributed by atoms with Gasteiger partial charge in [-0.1, -0.05) is 34.6 Å². The summed E-state index contributed by atoms with van der Waals surface area (Å²) in [5.41, 5.74) is 0.757. The summed E-state index contributed by atoms with van der Waals surface area (Å²) < 4.78 is 7.60. The first-order chi connectivity index (χ1) is 11.9. The molecule has 1 unspecified atom stereocenters. The molecule has 134 valence electrons. The molecule has 0 spiro atoms. The van der Waals surface area contributed by atoms with Gasteiger partial charge >= 0.3 is 5.97 Å². The number of rotatable bonds is 7. The van der Waals surface area contributed by atoms with Crippen molar-refractivity contribution in [1.29, 1.82) is 0 Å². The smallest absolute Gasteiger partial charge is 0.305 e. The zero-order chi connectivity index (χ0) is 18.4. The summed E-state index contributed by atoms with van der Waals surface area (Å²) >= 11 is 6.69. The van der Waals surface area contributed by atoms with Crippen LogP contribution in [0.25, 0.3) is 0 Å². The van der Waals surface area contributed by atoms with E-state index in [9.17, 15) is 9.59 Å². The summed E-state index contributed by atoms with van der Waals surface area (Å²) in [5.74, 6) is -0.675. The second-order valence-corrected chi connectivity index (χ2v) is 8.27. The van der Waals surface area contributed by atoms with Crippen molar-refractivity contribution in [2.24, 2.45) is 10.2 Å². The van der Waals surface area contributed by atoms with Gasteiger partial charge in [0.15, 0.2) is 5.17 Å². The lowest BCUT2D eigenvalue weighted by Crippen LogP contribution is -2.26. The van der Waals surface area contributed by atoms with Crippen LogP contribution in [0.2, 0.25) is 0 Å². The van der Waals surface area contributed by atoms with Crippen molar-refractivity contribution in [3.8, 4) is 5.75 Å². The van der Waals surface area contributed by atoms with Gasteiger partial charge in [0.05, 0.1) is 22.8 Å². The number of amides is 1. The van der Waals surface area contributed by atoms with Gasteiger partial charge in [-0.15, -0.1) is 5.10 Å². The molecule has 1 aromatic carbocycles. The summed E-state index contributed by atoms with van der Waals surface area (Å²) in [6.07, 6.45) is 2.18. The summed E-state index contributed by atoms with van der Waals surface area (Å²) in [6.45, 7) is 2.62. The van der Waals surface area contributed by atoms with Crippen LogP contribution in [0.15, 0.2) is 26.8 Å². The molecular weight excluding hydrogens is 525 g/mol. The Morgan fingerprint density at radius 3 is 3.00 bits per heavy atom. The molecule has 0 aromatic heterocycles. The summed E-state index contributed by atoms with van der Waals surface area (Å²) in [4.78, 5) is 22.4. The minimum Gasteiger partial charge on any atom is -0.492 e. The lowest BCUT2D eigenvalue weighted by Gasteiger charge is -2.10. The van der Waals surface area contributed by atoms with Crippen molar-refractivity contribution in [2.75, 3.05) is 6.61 Å². The van der Waals surface area contributed by atoms with E-state index in [4.69, 9.17) is 9.84 Å². The molecule has 25 heavy (non-hydrogen) atoms. The normalized spacial score (nSPS) is 18.8. The van der Waals surface area contributed by atoms with E-state index >= 15 is 0 Å². The predicted molar refractivity (Wildman–Crippen MR) is 109 cm³/mol. The molecule has 0 aliphatic carbocycles. The monoisotopic (exact) mass is 539 g/mol. The van der Waals surface area contributed by atoms with E-state index in [0.29, 0.717) is 6.61 Å². The maximum atomic E-state index is 11.7. The molecule has 1 heterocycles. The van der Waals surface area contributed by atoms with Gasteiger partial charge in [-0.3, -0.25) is 9.59 Å². The number of carbonyl (C=O) groups is 2. The lowest BCUT2D eigenvalue weighted by molar-refractivity contribution is -0.138. The summed E-state index contributed by atoms with van der Waals surface area (Å²) in [5, 5.41) is 18.9. The third-order valence-corrected chi connectivity index (χ3v) is 5.30. The maximum absolute atomic E-state index is 11.7. The quantitative estimate of drug-likeness (QED) is 0.315. The summed E-state index contributed by atoms with van der Waals surface area (Å²) in [7, 11) is 0. The number of ether oxygens (including phenoxy) is 1. The van der Waals surface area contributed by atoms with Gasteiger partial charge < -0.3 is 15.2 Å². The topological polar surface area (TPSA) is 100 Å². The van der Waals surface area contributed by atoms with E-state index in [1.165, 1.54) is 0 Å². The van der Waals surface area contributed by atoms with E-state index in [2.05, 4.69) is 54.0 Å². The fraction of sp³-hybridized carbons (Fsp3) is 0.333. The van der Waals surface area contributed by atoms with Crippen LogP contribution in [0, 0.1) is 3.57 Å². The van der Waals surface area contributed by atoms with Crippen LogP contribution in [0.5, 0.6) is 5.75 Å². The van der Waals surface area contributed by atoms with Crippen LogP contribution in [0.4, 0.5) is 0 Å². The molecule has 1 amide bonds. The van der Waals surface area contributed by atoms with Crippen molar-refractivity contribution < 1.29 is 19.4 Å². The number of carbonyl (C=O) groups excluding carboxylic acids is 1. The fourth-order valence-corrected chi connectivity index (χ4v) is 4.54. The number of benzene rings is 1. The number of nitrogens with one attached hydrogen (secondary N) is 1. The van der Waals surface area contributed by atoms with Crippen LogP contribution in [-0.4, -0.2) is 40.2 Å². The lowest BCUT2D eigenvalue weighted by atomic mass is 10.2. The number of thioether (sulfide) groups is 1. The highest BCUT2D eigenvalue weighted by Gasteiger charge is 2.32. The SMILES string of the molecule is CCCOc1c(I)cc(Br)cc1C=NN=C1NC(=O)C(CC(=O)O)S1. The average molecular weight is 540 g/mol. The van der Waals surface area contributed by atoms with Crippen molar-refractivity contribution in [3.63, 3.8) is 0 Å². The van der Waals surface area contributed by atoms with Crippen LogP contribution >= 0.6 is 50.3 Å². The van der Waals surface area contributed by atoms with Gasteiger partial charge in [0, 0.05) is 10.0 Å². The van der Waals surface area contributed by atoms with Gasteiger partial charge in [-0.2, -0.15) is 5.10 Å². The number of halogens is 2. The Balaban J connectivity index is 2.14. The number of carboxylic acids is 1. The molecule has 0 radical (unpaired) electrons. The first-order valence-corrected chi connectivity index (χ1v) is 10.1. The Hall–Kier alpha value is -1.14.